The van der Waals surface area contributed by atoms with E-state index in [-0.39, 0.29) is 12.2 Å². The maximum Gasteiger partial charge on any atom is 0.266 e. The number of aryl methyl sites for hydroxylation is 1. The van der Waals surface area contributed by atoms with Crippen LogP contribution in [0.3, 0.4) is 0 Å². The maximum atomic E-state index is 13.1. The highest BCUT2D eigenvalue weighted by atomic mass is 32.2. The molecule has 8 heteroatoms. The first-order chi connectivity index (χ1) is 12.1. The van der Waals surface area contributed by atoms with Gasteiger partial charge in [0.2, 0.25) is 5.16 Å². The number of para-hydroxylation sites is 1. The van der Waals surface area contributed by atoms with Crippen LogP contribution in [0.15, 0.2) is 46.5 Å². The van der Waals surface area contributed by atoms with Crippen LogP contribution in [0.5, 0.6) is 0 Å². The van der Waals surface area contributed by atoms with E-state index in [0.717, 1.165) is 0 Å². The minimum absolute atomic E-state index is 0.142. The SMILES string of the molecule is CSc1nc2nc(C)c3c(=O)n(-c4ccccc4CO)ccc3n2n1. The van der Waals surface area contributed by atoms with Gasteiger partial charge in [-0.2, -0.15) is 9.50 Å². The van der Waals surface area contributed by atoms with E-state index in [2.05, 4.69) is 15.1 Å². The lowest BCUT2D eigenvalue weighted by Crippen LogP contribution is -2.21. The second kappa shape index (κ2) is 5.98. The fourth-order valence-corrected chi connectivity index (χ4v) is 3.26. The summed E-state index contributed by atoms with van der Waals surface area (Å²) in [6, 6.07) is 9.09. The smallest absolute Gasteiger partial charge is 0.266 e. The summed E-state index contributed by atoms with van der Waals surface area (Å²) in [5, 5.41) is 15.0. The summed E-state index contributed by atoms with van der Waals surface area (Å²) >= 11 is 1.42. The Morgan fingerprint density at radius 2 is 2.00 bits per heavy atom. The van der Waals surface area contributed by atoms with Gasteiger partial charge >= 0.3 is 0 Å². The summed E-state index contributed by atoms with van der Waals surface area (Å²) in [5.74, 6) is 0.474. The summed E-state index contributed by atoms with van der Waals surface area (Å²) in [6.45, 7) is 1.65. The predicted molar refractivity (Wildman–Crippen MR) is 96.3 cm³/mol. The summed E-state index contributed by atoms with van der Waals surface area (Å²) in [4.78, 5) is 21.9. The minimum Gasteiger partial charge on any atom is -0.392 e. The van der Waals surface area contributed by atoms with Crippen LogP contribution in [0.2, 0.25) is 0 Å². The molecule has 4 rings (SSSR count). The van der Waals surface area contributed by atoms with Crippen LogP contribution in [0.25, 0.3) is 22.4 Å². The molecule has 3 aromatic heterocycles. The largest absolute Gasteiger partial charge is 0.392 e. The van der Waals surface area contributed by atoms with Crippen LogP contribution in [0.4, 0.5) is 0 Å². The number of aromatic nitrogens is 5. The summed E-state index contributed by atoms with van der Waals surface area (Å²) in [7, 11) is 0. The standard InChI is InChI=1S/C17H15N5O2S/c1-10-14-13(22-16(18-10)19-17(20-22)25-2)7-8-21(15(14)24)12-6-4-3-5-11(12)9-23/h3-8,23H,9H2,1-2H3. The first-order valence-electron chi connectivity index (χ1n) is 7.66. The van der Waals surface area contributed by atoms with E-state index in [0.29, 0.717) is 38.8 Å². The van der Waals surface area contributed by atoms with Crippen LogP contribution in [0.1, 0.15) is 11.3 Å². The quantitative estimate of drug-likeness (QED) is 0.567. The number of nitrogens with zero attached hydrogens (tertiary/aromatic N) is 5. The van der Waals surface area contributed by atoms with Crippen LogP contribution >= 0.6 is 11.8 Å². The molecule has 1 aromatic carbocycles. The number of thioether (sulfide) groups is 1. The van der Waals surface area contributed by atoms with E-state index >= 15 is 0 Å². The fourth-order valence-electron chi connectivity index (χ4n) is 2.92. The van der Waals surface area contributed by atoms with Gasteiger partial charge in [0.15, 0.2) is 0 Å². The Morgan fingerprint density at radius 1 is 1.20 bits per heavy atom. The first kappa shape index (κ1) is 15.8. The lowest BCUT2D eigenvalue weighted by atomic mass is 10.1. The van der Waals surface area contributed by atoms with Crippen molar-refractivity contribution in [1.29, 1.82) is 0 Å². The van der Waals surface area contributed by atoms with Gasteiger partial charge in [-0.25, -0.2) is 4.98 Å². The zero-order valence-electron chi connectivity index (χ0n) is 13.7. The second-order valence-corrected chi connectivity index (χ2v) is 6.32. The zero-order valence-corrected chi connectivity index (χ0v) is 14.5. The van der Waals surface area contributed by atoms with Gasteiger partial charge in [-0.1, -0.05) is 30.0 Å². The Balaban J connectivity index is 2.08. The number of hydrogen-bond donors (Lipinski definition) is 1. The van der Waals surface area contributed by atoms with Crippen molar-refractivity contribution in [2.45, 2.75) is 18.7 Å². The number of hydrogen-bond acceptors (Lipinski definition) is 6. The molecule has 1 N–H and O–H groups in total. The van der Waals surface area contributed by atoms with E-state index in [4.69, 9.17) is 0 Å². The molecule has 4 aromatic rings. The summed E-state index contributed by atoms with van der Waals surface area (Å²) in [5.41, 5.74) is 2.40. The number of fused-ring (bicyclic) bond motifs is 3. The first-order valence-corrected chi connectivity index (χ1v) is 8.88. The molecule has 0 aliphatic heterocycles. The molecule has 0 aliphatic carbocycles. The van der Waals surface area contributed by atoms with Crippen LogP contribution in [0, 0.1) is 6.92 Å². The topological polar surface area (TPSA) is 85.3 Å². The van der Waals surface area contributed by atoms with E-state index in [9.17, 15) is 9.90 Å². The Morgan fingerprint density at radius 3 is 2.76 bits per heavy atom. The van der Waals surface area contributed by atoms with E-state index in [1.54, 1.807) is 29.8 Å². The Labute approximate surface area is 147 Å². The van der Waals surface area contributed by atoms with Gasteiger partial charge in [0.1, 0.15) is 0 Å². The van der Waals surface area contributed by atoms with Gasteiger partial charge < -0.3 is 5.11 Å². The molecule has 3 heterocycles. The van der Waals surface area contributed by atoms with Gasteiger partial charge in [0, 0.05) is 11.8 Å². The molecule has 25 heavy (non-hydrogen) atoms. The number of benzene rings is 1. The molecular formula is C17H15N5O2S. The van der Waals surface area contributed by atoms with Crippen molar-refractivity contribution in [3.63, 3.8) is 0 Å². The monoisotopic (exact) mass is 353 g/mol. The van der Waals surface area contributed by atoms with Crippen molar-refractivity contribution in [3.05, 3.63) is 58.1 Å². The maximum absolute atomic E-state index is 13.1. The molecule has 0 atom stereocenters. The highest BCUT2D eigenvalue weighted by molar-refractivity contribution is 7.98. The van der Waals surface area contributed by atoms with Crippen molar-refractivity contribution in [1.82, 2.24) is 24.1 Å². The van der Waals surface area contributed by atoms with Gasteiger partial charge in [-0.15, -0.1) is 5.10 Å². The third-order valence-electron chi connectivity index (χ3n) is 4.10. The van der Waals surface area contributed by atoms with E-state index in [1.807, 2.05) is 24.5 Å². The predicted octanol–water partition coefficient (Wildman–Crippen LogP) is 1.95. The fraction of sp³-hybridized carbons (Fsp3) is 0.176. The molecule has 126 valence electrons. The molecule has 0 fully saturated rings. The molecular weight excluding hydrogens is 338 g/mol. The number of aliphatic hydroxyl groups excluding tert-OH is 1. The molecule has 0 unspecified atom stereocenters. The van der Waals surface area contributed by atoms with Crippen LogP contribution < -0.4 is 5.56 Å². The lowest BCUT2D eigenvalue weighted by molar-refractivity contribution is 0.281. The average molecular weight is 353 g/mol. The van der Waals surface area contributed by atoms with Gasteiger partial charge in [-0.3, -0.25) is 9.36 Å². The zero-order chi connectivity index (χ0) is 17.6. The molecule has 0 saturated carbocycles. The molecule has 0 amide bonds. The summed E-state index contributed by atoms with van der Waals surface area (Å²) in [6.07, 6.45) is 3.58. The Bertz CT molecular complexity index is 1170. The third kappa shape index (κ3) is 2.41. The Kier molecular flexibility index (Phi) is 3.78. The molecule has 0 spiro atoms. The highest BCUT2D eigenvalue weighted by Gasteiger charge is 2.15. The Hall–Kier alpha value is -2.71. The number of pyridine rings is 1. The van der Waals surface area contributed by atoms with E-state index in [1.165, 1.54) is 16.3 Å². The average Bonchev–Trinajstić information content (AvgIpc) is 3.05. The molecule has 0 aliphatic rings. The molecule has 0 saturated heterocycles. The molecule has 7 nitrogen and oxygen atoms in total. The molecule has 0 bridgehead atoms. The highest BCUT2D eigenvalue weighted by Crippen LogP contribution is 2.19. The van der Waals surface area contributed by atoms with Crippen molar-refractivity contribution in [2.75, 3.05) is 6.26 Å². The van der Waals surface area contributed by atoms with Crippen LogP contribution in [-0.2, 0) is 6.61 Å². The normalized spacial score (nSPS) is 11.5. The van der Waals surface area contributed by atoms with Gasteiger partial charge in [-0.05, 0) is 25.3 Å². The third-order valence-corrected chi connectivity index (χ3v) is 4.64. The van der Waals surface area contributed by atoms with Crippen molar-refractivity contribution >= 4 is 28.4 Å². The van der Waals surface area contributed by atoms with Crippen molar-refractivity contribution < 1.29 is 5.11 Å². The molecule has 0 radical (unpaired) electrons. The van der Waals surface area contributed by atoms with Crippen molar-refractivity contribution in [2.24, 2.45) is 0 Å². The van der Waals surface area contributed by atoms with Gasteiger partial charge in [0.05, 0.1) is 28.9 Å². The van der Waals surface area contributed by atoms with Crippen molar-refractivity contribution in [3.8, 4) is 5.69 Å². The van der Waals surface area contributed by atoms with E-state index < -0.39 is 0 Å². The van der Waals surface area contributed by atoms with Crippen LogP contribution in [-0.4, -0.2) is 35.5 Å². The summed E-state index contributed by atoms with van der Waals surface area (Å²) < 4.78 is 3.12. The number of aliphatic hydroxyl groups is 1. The second-order valence-electron chi connectivity index (χ2n) is 5.55. The van der Waals surface area contributed by atoms with Gasteiger partial charge in [0.25, 0.3) is 11.3 Å². The lowest BCUT2D eigenvalue weighted by Gasteiger charge is -2.12. The minimum atomic E-state index is -0.202. The number of rotatable bonds is 3.